The molecule has 0 saturated heterocycles. The summed E-state index contributed by atoms with van der Waals surface area (Å²) in [6, 6.07) is 1.84. The minimum absolute atomic E-state index is 0.0768. The number of halogens is 2. The van der Waals surface area contributed by atoms with E-state index in [1.807, 2.05) is 30.6 Å². The summed E-state index contributed by atoms with van der Waals surface area (Å²) >= 11 is 3.74. The van der Waals surface area contributed by atoms with Crippen LogP contribution >= 0.6 is 52.5 Å². The van der Waals surface area contributed by atoms with Gasteiger partial charge in [0, 0.05) is 11.8 Å². The molecule has 130 valence electrons. The molecule has 11 heteroatoms. The van der Waals surface area contributed by atoms with E-state index < -0.39 is 0 Å². The van der Waals surface area contributed by atoms with Crippen LogP contribution in [-0.4, -0.2) is 31.9 Å². The molecule has 0 N–H and O–H groups in total. The van der Waals surface area contributed by atoms with Crippen molar-refractivity contribution in [2.45, 2.75) is 37.9 Å². The van der Waals surface area contributed by atoms with Crippen molar-refractivity contribution in [2.75, 3.05) is 10.6 Å². The molecule has 0 bridgehead atoms. The second-order valence-electron chi connectivity index (χ2n) is 5.27. The molecule has 2 aromatic rings. The second kappa shape index (κ2) is 7.92. The Balaban J connectivity index is 2.06. The highest BCUT2D eigenvalue weighted by atomic mass is 127. The van der Waals surface area contributed by atoms with Gasteiger partial charge in [0.05, 0.1) is 18.2 Å². The van der Waals surface area contributed by atoms with Crippen molar-refractivity contribution in [1.29, 1.82) is 0 Å². The van der Waals surface area contributed by atoms with Crippen LogP contribution in [0.1, 0.15) is 24.2 Å². The van der Waals surface area contributed by atoms with Crippen molar-refractivity contribution in [3.8, 4) is 5.75 Å². The SMILES string of the molecule is CSc1nc(C)c(OC2CC2)c(N(SF)c2cc(C)n(PI)n2)n1. The predicted octanol–water partition coefficient (Wildman–Crippen LogP) is 5.02. The maximum atomic E-state index is 13.8. The van der Waals surface area contributed by atoms with E-state index in [1.54, 1.807) is 0 Å². The molecule has 1 unspecified atom stereocenters. The van der Waals surface area contributed by atoms with Gasteiger partial charge in [-0.3, -0.25) is 0 Å². The molecule has 3 rings (SSSR count). The Morgan fingerprint density at radius 2 is 2.17 bits per heavy atom. The van der Waals surface area contributed by atoms with E-state index in [9.17, 15) is 3.89 Å². The molecule has 2 heterocycles. The molecule has 1 aliphatic rings. The average molecular weight is 499 g/mol. The normalized spacial score (nSPS) is 14.5. The molecule has 2 aromatic heterocycles. The van der Waals surface area contributed by atoms with Gasteiger partial charge < -0.3 is 4.74 Å². The van der Waals surface area contributed by atoms with Crippen LogP contribution < -0.4 is 9.04 Å². The maximum Gasteiger partial charge on any atom is 0.193 e. The lowest BCUT2D eigenvalue weighted by Gasteiger charge is -2.20. The van der Waals surface area contributed by atoms with Gasteiger partial charge in [-0.25, -0.2) is 13.7 Å². The van der Waals surface area contributed by atoms with E-state index in [-0.39, 0.29) is 18.4 Å². The topological polar surface area (TPSA) is 56.1 Å². The van der Waals surface area contributed by atoms with Crippen LogP contribution in [0.3, 0.4) is 0 Å². The predicted molar refractivity (Wildman–Crippen MR) is 108 cm³/mol. The van der Waals surface area contributed by atoms with Crippen LogP contribution in [0.15, 0.2) is 11.2 Å². The van der Waals surface area contributed by atoms with Crippen molar-refractivity contribution >= 4 is 64.1 Å². The number of rotatable bonds is 7. The van der Waals surface area contributed by atoms with Crippen LogP contribution in [0.2, 0.25) is 0 Å². The highest BCUT2D eigenvalue weighted by Crippen LogP contribution is 2.42. The Kier molecular flexibility index (Phi) is 6.10. The van der Waals surface area contributed by atoms with Crippen molar-refractivity contribution in [3.05, 3.63) is 17.5 Å². The number of aryl methyl sites for hydroxylation is 2. The zero-order valence-electron chi connectivity index (χ0n) is 13.3. The van der Waals surface area contributed by atoms with Crippen LogP contribution in [0, 0.1) is 13.8 Å². The number of hydrogen-bond donors (Lipinski definition) is 0. The number of anilines is 2. The monoisotopic (exact) mass is 499 g/mol. The quantitative estimate of drug-likeness (QED) is 0.175. The zero-order valence-corrected chi connectivity index (χ0v) is 18.1. The number of thioether (sulfide) groups is 1. The molecule has 6 nitrogen and oxygen atoms in total. The van der Waals surface area contributed by atoms with Gasteiger partial charge in [-0.1, -0.05) is 11.8 Å². The number of hydrogen-bond acceptors (Lipinski definition) is 7. The minimum Gasteiger partial charge on any atom is -0.485 e. The maximum absolute atomic E-state index is 13.8. The molecular weight excluding hydrogens is 483 g/mol. The first-order valence-electron chi connectivity index (χ1n) is 7.18. The zero-order chi connectivity index (χ0) is 17.3. The number of nitrogens with zero attached hydrogens (tertiary/aromatic N) is 5. The Labute approximate surface area is 163 Å². The average Bonchev–Trinajstić information content (AvgIpc) is 3.32. The van der Waals surface area contributed by atoms with Gasteiger partial charge in [-0.05, 0) is 55.0 Å². The fourth-order valence-electron chi connectivity index (χ4n) is 2.06. The van der Waals surface area contributed by atoms with E-state index in [0.717, 1.165) is 18.5 Å². The summed E-state index contributed by atoms with van der Waals surface area (Å²) < 4.78 is 23.0. The summed E-state index contributed by atoms with van der Waals surface area (Å²) in [6.45, 7) is 3.81. The summed E-state index contributed by atoms with van der Waals surface area (Å²) in [5, 5.41) is 5.04. The third-order valence-electron chi connectivity index (χ3n) is 3.41. The van der Waals surface area contributed by atoms with Crippen molar-refractivity contribution in [2.24, 2.45) is 0 Å². The molecule has 1 aliphatic carbocycles. The Bertz CT molecular complexity index is 745. The number of ether oxygens (including phenoxy) is 1. The van der Waals surface area contributed by atoms with E-state index >= 15 is 0 Å². The standard InChI is InChI=1S/C13H16FIN5OPS2/c1-7-6-10(18-20(7)22-15)19(24-14)12-11(21-9-4-5-9)8(2)16-13(17-12)23-3/h6,9,22H,4-5H2,1-3H3. The summed E-state index contributed by atoms with van der Waals surface area (Å²) in [5.41, 5.74) is 1.68. The molecule has 1 fully saturated rings. The first-order valence-corrected chi connectivity index (χ1v) is 13.1. The van der Waals surface area contributed by atoms with Crippen LogP contribution in [0.4, 0.5) is 15.5 Å². The van der Waals surface area contributed by atoms with Gasteiger partial charge in [0.25, 0.3) is 0 Å². The fraction of sp³-hybridized carbons (Fsp3) is 0.462. The second-order valence-corrected chi connectivity index (χ2v) is 8.59. The van der Waals surface area contributed by atoms with Gasteiger partial charge in [0.15, 0.2) is 34.9 Å². The van der Waals surface area contributed by atoms with E-state index in [2.05, 4.69) is 37.1 Å². The van der Waals surface area contributed by atoms with Gasteiger partial charge >= 0.3 is 0 Å². The summed E-state index contributed by atoms with van der Waals surface area (Å²) in [7, 11) is 0. The molecular formula is C13H16FIN5OPS2. The molecule has 0 aromatic carbocycles. The van der Waals surface area contributed by atoms with Gasteiger partial charge in [-0.15, -0.1) is 8.98 Å². The Morgan fingerprint density at radius 3 is 2.71 bits per heavy atom. The van der Waals surface area contributed by atoms with Gasteiger partial charge in [-0.2, -0.15) is 4.98 Å². The summed E-state index contributed by atoms with van der Waals surface area (Å²) in [6.07, 6.45) is 4.53. The minimum atomic E-state index is 0.0768. The van der Waals surface area contributed by atoms with E-state index in [4.69, 9.17) is 4.74 Å². The first-order chi connectivity index (χ1) is 11.6. The molecule has 0 amide bonds. The fourth-order valence-corrected chi connectivity index (χ4v) is 4.62. The number of aromatic nitrogens is 4. The molecule has 24 heavy (non-hydrogen) atoms. The Hall–Kier alpha value is -0.320. The van der Waals surface area contributed by atoms with Crippen molar-refractivity contribution in [1.82, 2.24) is 19.5 Å². The highest BCUT2D eigenvalue weighted by Gasteiger charge is 2.30. The third-order valence-corrected chi connectivity index (χ3v) is 6.44. The Morgan fingerprint density at radius 1 is 1.42 bits per heavy atom. The highest BCUT2D eigenvalue weighted by molar-refractivity contribution is 14.2. The van der Waals surface area contributed by atoms with Gasteiger partial charge in [0.1, 0.15) is 0 Å². The summed E-state index contributed by atoms with van der Waals surface area (Å²) in [5.74, 6) is 1.44. The molecule has 0 radical (unpaired) electrons. The van der Waals surface area contributed by atoms with E-state index in [1.165, 1.54) is 16.1 Å². The van der Waals surface area contributed by atoms with E-state index in [0.29, 0.717) is 34.6 Å². The molecule has 1 atom stereocenters. The van der Waals surface area contributed by atoms with Crippen LogP contribution in [0.25, 0.3) is 0 Å². The summed E-state index contributed by atoms with van der Waals surface area (Å²) in [4.78, 5) is 8.91. The largest absolute Gasteiger partial charge is 0.485 e. The first kappa shape index (κ1) is 18.5. The lowest BCUT2D eigenvalue weighted by Crippen LogP contribution is -2.13. The van der Waals surface area contributed by atoms with Crippen LogP contribution in [-0.2, 0) is 0 Å². The van der Waals surface area contributed by atoms with Crippen molar-refractivity contribution < 1.29 is 8.62 Å². The molecule has 0 spiro atoms. The lowest BCUT2D eigenvalue weighted by atomic mass is 10.3. The molecule has 0 aliphatic heterocycles. The van der Waals surface area contributed by atoms with Crippen LogP contribution in [0.5, 0.6) is 5.75 Å². The van der Waals surface area contributed by atoms with Gasteiger partial charge in [0.2, 0.25) is 0 Å². The third kappa shape index (κ3) is 3.91. The van der Waals surface area contributed by atoms with Crippen molar-refractivity contribution in [3.63, 3.8) is 0 Å². The lowest BCUT2D eigenvalue weighted by molar-refractivity contribution is 0.298. The smallest absolute Gasteiger partial charge is 0.193 e. The molecule has 1 saturated carbocycles.